The quantitative estimate of drug-likeness (QED) is 0.727. The lowest BCUT2D eigenvalue weighted by molar-refractivity contribution is -0.115. The Kier molecular flexibility index (Phi) is 2.70. The summed E-state index contributed by atoms with van der Waals surface area (Å²) in [7, 11) is 3.49. The first-order chi connectivity index (χ1) is 7.24. The molecule has 0 radical (unpaired) electrons. The number of rotatable bonds is 3. The second-order valence-electron chi connectivity index (χ2n) is 3.55. The van der Waals surface area contributed by atoms with Crippen molar-refractivity contribution in [3.8, 4) is 0 Å². The molecular weight excluding hydrogens is 192 g/mol. The number of amides is 1. The molecular formula is C11H14N2O2. The van der Waals surface area contributed by atoms with E-state index in [1.165, 1.54) is 0 Å². The van der Waals surface area contributed by atoms with Crippen LogP contribution in [0.25, 0.3) is 0 Å². The van der Waals surface area contributed by atoms with Crippen LogP contribution in [0, 0.1) is 0 Å². The minimum atomic E-state index is -0.119. The second-order valence-corrected chi connectivity index (χ2v) is 3.55. The summed E-state index contributed by atoms with van der Waals surface area (Å²) in [5, 5.41) is 5.84. The highest BCUT2D eigenvalue weighted by atomic mass is 16.5. The molecule has 4 heteroatoms. The molecule has 1 aliphatic rings. The topological polar surface area (TPSA) is 50.4 Å². The molecule has 1 aliphatic heterocycles. The van der Waals surface area contributed by atoms with Gasteiger partial charge in [0, 0.05) is 12.8 Å². The molecule has 1 aromatic rings. The number of hydrogen-bond acceptors (Lipinski definition) is 3. The van der Waals surface area contributed by atoms with Gasteiger partial charge in [-0.15, -0.1) is 0 Å². The summed E-state index contributed by atoms with van der Waals surface area (Å²) in [6.07, 6.45) is 0.342. The van der Waals surface area contributed by atoms with E-state index in [9.17, 15) is 4.79 Å². The first-order valence-electron chi connectivity index (χ1n) is 4.87. The summed E-state index contributed by atoms with van der Waals surface area (Å²) in [6, 6.07) is 5.87. The molecule has 4 nitrogen and oxygen atoms in total. The number of carbonyl (C=O) groups is 1. The van der Waals surface area contributed by atoms with Crippen molar-refractivity contribution in [2.24, 2.45) is 0 Å². The number of nitrogens with one attached hydrogen (secondary N) is 2. The minimum absolute atomic E-state index is 0.0561. The van der Waals surface area contributed by atoms with E-state index < -0.39 is 0 Å². The SMILES string of the molecule is CNC(OC)c1ccc2c(c1)CC(=O)N2. The molecule has 0 saturated carbocycles. The van der Waals surface area contributed by atoms with Crippen molar-refractivity contribution in [3.05, 3.63) is 29.3 Å². The summed E-state index contributed by atoms with van der Waals surface area (Å²) in [6.45, 7) is 0. The first kappa shape index (κ1) is 10.1. The van der Waals surface area contributed by atoms with E-state index in [2.05, 4.69) is 10.6 Å². The van der Waals surface area contributed by atoms with E-state index in [-0.39, 0.29) is 12.1 Å². The summed E-state index contributed by atoms with van der Waals surface area (Å²) < 4.78 is 5.26. The van der Waals surface area contributed by atoms with Crippen molar-refractivity contribution in [3.63, 3.8) is 0 Å². The van der Waals surface area contributed by atoms with Gasteiger partial charge in [-0.25, -0.2) is 0 Å². The highest BCUT2D eigenvalue weighted by Crippen LogP contribution is 2.26. The molecule has 1 amide bonds. The fourth-order valence-electron chi connectivity index (χ4n) is 1.83. The molecule has 80 valence electrons. The maximum absolute atomic E-state index is 11.2. The van der Waals surface area contributed by atoms with E-state index in [0.29, 0.717) is 6.42 Å². The second kappa shape index (κ2) is 4.00. The summed E-state index contributed by atoms with van der Waals surface area (Å²) >= 11 is 0. The van der Waals surface area contributed by atoms with Crippen LogP contribution in [0.3, 0.4) is 0 Å². The lowest BCUT2D eigenvalue weighted by Crippen LogP contribution is -2.17. The molecule has 0 saturated heterocycles. The van der Waals surface area contributed by atoms with Crippen LogP contribution < -0.4 is 10.6 Å². The van der Waals surface area contributed by atoms with E-state index in [1.54, 1.807) is 7.11 Å². The molecule has 1 heterocycles. The maximum atomic E-state index is 11.2. The zero-order valence-electron chi connectivity index (χ0n) is 8.83. The number of methoxy groups -OCH3 is 1. The number of hydrogen-bond donors (Lipinski definition) is 2. The normalized spacial score (nSPS) is 16.0. The molecule has 1 unspecified atom stereocenters. The summed E-state index contributed by atoms with van der Waals surface area (Å²) in [4.78, 5) is 11.2. The predicted molar refractivity (Wildman–Crippen MR) is 57.6 cm³/mol. The number of benzene rings is 1. The summed E-state index contributed by atoms with van der Waals surface area (Å²) in [5.41, 5.74) is 2.99. The Morgan fingerprint density at radius 3 is 3.00 bits per heavy atom. The molecule has 2 rings (SSSR count). The highest BCUT2D eigenvalue weighted by molar-refractivity contribution is 5.99. The van der Waals surface area contributed by atoms with Crippen LogP contribution in [-0.4, -0.2) is 20.1 Å². The molecule has 1 aromatic carbocycles. The molecule has 0 bridgehead atoms. The van der Waals surface area contributed by atoms with Crippen LogP contribution in [0.4, 0.5) is 5.69 Å². The zero-order chi connectivity index (χ0) is 10.8. The van der Waals surface area contributed by atoms with Gasteiger partial charge in [-0.3, -0.25) is 10.1 Å². The highest BCUT2D eigenvalue weighted by Gasteiger charge is 2.19. The Morgan fingerprint density at radius 2 is 2.33 bits per heavy atom. The van der Waals surface area contributed by atoms with Gasteiger partial charge in [0.1, 0.15) is 6.23 Å². The van der Waals surface area contributed by atoms with Crippen LogP contribution in [0.15, 0.2) is 18.2 Å². The smallest absolute Gasteiger partial charge is 0.228 e. The average molecular weight is 206 g/mol. The van der Waals surface area contributed by atoms with Crippen molar-refractivity contribution in [2.75, 3.05) is 19.5 Å². The Hall–Kier alpha value is -1.39. The fourth-order valence-corrected chi connectivity index (χ4v) is 1.83. The molecule has 0 aliphatic carbocycles. The fraction of sp³-hybridized carbons (Fsp3) is 0.364. The van der Waals surface area contributed by atoms with Gasteiger partial charge in [0.25, 0.3) is 0 Å². The van der Waals surface area contributed by atoms with Gasteiger partial charge < -0.3 is 10.1 Å². The van der Waals surface area contributed by atoms with E-state index >= 15 is 0 Å². The monoisotopic (exact) mass is 206 g/mol. The van der Waals surface area contributed by atoms with Crippen molar-refractivity contribution in [1.29, 1.82) is 0 Å². The zero-order valence-corrected chi connectivity index (χ0v) is 8.83. The minimum Gasteiger partial charge on any atom is -0.362 e. The van der Waals surface area contributed by atoms with E-state index in [4.69, 9.17) is 4.74 Å². The van der Waals surface area contributed by atoms with Crippen molar-refractivity contribution < 1.29 is 9.53 Å². The lowest BCUT2D eigenvalue weighted by atomic mass is 10.1. The third kappa shape index (κ3) is 1.86. The molecule has 0 aromatic heterocycles. The van der Waals surface area contributed by atoms with Gasteiger partial charge in [-0.2, -0.15) is 0 Å². The van der Waals surface area contributed by atoms with Crippen LogP contribution in [0.1, 0.15) is 17.4 Å². The molecule has 1 atom stereocenters. The van der Waals surface area contributed by atoms with Gasteiger partial charge in [-0.1, -0.05) is 6.07 Å². The van der Waals surface area contributed by atoms with Gasteiger partial charge in [-0.05, 0) is 30.3 Å². The predicted octanol–water partition coefficient (Wildman–Crippen LogP) is 1.05. The molecule has 0 fully saturated rings. The Morgan fingerprint density at radius 1 is 1.53 bits per heavy atom. The van der Waals surface area contributed by atoms with Crippen LogP contribution in [-0.2, 0) is 16.0 Å². The standard InChI is InChI=1S/C11H14N2O2/c1-12-11(15-2)7-3-4-9-8(5-7)6-10(14)13-9/h3-5,11-12H,6H2,1-2H3,(H,13,14). The number of anilines is 1. The number of carbonyl (C=O) groups excluding carboxylic acids is 1. The van der Waals surface area contributed by atoms with E-state index in [1.807, 2.05) is 25.2 Å². The van der Waals surface area contributed by atoms with Crippen molar-refractivity contribution in [1.82, 2.24) is 5.32 Å². The van der Waals surface area contributed by atoms with Crippen molar-refractivity contribution in [2.45, 2.75) is 12.6 Å². The summed E-state index contributed by atoms with van der Waals surface area (Å²) in [5.74, 6) is 0.0561. The molecule has 15 heavy (non-hydrogen) atoms. The van der Waals surface area contributed by atoms with Crippen molar-refractivity contribution >= 4 is 11.6 Å². The van der Waals surface area contributed by atoms with E-state index in [0.717, 1.165) is 16.8 Å². The Labute approximate surface area is 88.6 Å². The maximum Gasteiger partial charge on any atom is 0.228 e. The van der Waals surface area contributed by atoms with Gasteiger partial charge in [0.15, 0.2) is 0 Å². The van der Waals surface area contributed by atoms with Crippen LogP contribution in [0.5, 0.6) is 0 Å². The molecule has 0 spiro atoms. The van der Waals surface area contributed by atoms with Gasteiger partial charge in [0.2, 0.25) is 5.91 Å². The van der Waals surface area contributed by atoms with Crippen LogP contribution >= 0.6 is 0 Å². The third-order valence-electron chi connectivity index (χ3n) is 2.56. The van der Waals surface area contributed by atoms with Gasteiger partial charge in [0.05, 0.1) is 6.42 Å². The van der Waals surface area contributed by atoms with Crippen LogP contribution in [0.2, 0.25) is 0 Å². The first-order valence-corrected chi connectivity index (χ1v) is 4.87. The average Bonchev–Trinajstić information content (AvgIpc) is 2.59. The number of ether oxygens (including phenoxy) is 1. The Balaban J connectivity index is 2.30. The molecule has 2 N–H and O–H groups in total. The third-order valence-corrected chi connectivity index (χ3v) is 2.56. The largest absolute Gasteiger partial charge is 0.362 e. The van der Waals surface area contributed by atoms with Gasteiger partial charge >= 0.3 is 0 Å². The Bertz CT molecular complexity index is 386. The lowest BCUT2D eigenvalue weighted by Gasteiger charge is -2.15. The number of fused-ring (bicyclic) bond motifs is 1.